The fourth-order valence-corrected chi connectivity index (χ4v) is 3.24. The second-order valence-corrected chi connectivity index (χ2v) is 7.51. The summed E-state index contributed by atoms with van der Waals surface area (Å²) in [6.45, 7) is -0.203. The number of carboxylic acid groups (broad SMARTS) is 2. The van der Waals surface area contributed by atoms with Crippen LogP contribution in [0.3, 0.4) is 0 Å². The van der Waals surface area contributed by atoms with Crippen molar-refractivity contribution in [3.63, 3.8) is 0 Å². The summed E-state index contributed by atoms with van der Waals surface area (Å²) in [4.78, 5) is 70.2. The Labute approximate surface area is 186 Å². The second-order valence-electron chi connectivity index (χ2n) is 7.51. The predicted octanol–water partition coefficient (Wildman–Crippen LogP) is -4.40. The minimum atomic E-state index is -2.50. The molecule has 2 rings (SSSR count). The third kappa shape index (κ3) is 6.35. The quantitative estimate of drug-likeness (QED) is 0.110. The van der Waals surface area contributed by atoms with Crippen molar-refractivity contribution in [2.45, 2.75) is 55.9 Å². The predicted molar refractivity (Wildman–Crippen MR) is 103 cm³/mol. The zero-order valence-electron chi connectivity index (χ0n) is 17.2. The van der Waals surface area contributed by atoms with E-state index in [-0.39, 0.29) is 32.4 Å². The number of aliphatic hydroxyl groups excluding tert-OH is 2. The van der Waals surface area contributed by atoms with Gasteiger partial charge in [0.25, 0.3) is 5.91 Å². The highest BCUT2D eigenvalue weighted by atomic mass is 16.6. The van der Waals surface area contributed by atoms with Gasteiger partial charge in [-0.2, -0.15) is 0 Å². The topological polar surface area (TPSA) is 258 Å². The van der Waals surface area contributed by atoms with E-state index in [0.29, 0.717) is 0 Å². The second kappa shape index (κ2) is 10.5. The molecular weight excluding hydrogens is 450 g/mol. The minimum absolute atomic E-state index is 0.00815. The Balaban J connectivity index is 1.81. The first-order valence-electron chi connectivity index (χ1n) is 9.80. The Morgan fingerprint density at radius 3 is 2.42 bits per heavy atom. The number of urea groups is 1. The third-order valence-corrected chi connectivity index (χ3v) is 4.94. The molecule has 0 bridgehead atoms. The Morgan fingerprint density at radius 1 is 1.18 bits per heavy atom. The van der Waals surface area contributed by atoms with Gasteiger partial charge >= 0.3 is 18.0 Å². The van der Waals surface area contributed by atoms with Gasteiger partial charge in [-0.15, -0.1) is 0 Å². The highest BCUT2D eigenvalue weighted by Gasteiger charge is 2.50. The van der Waals surface area contributed by atoms with Crippen LogP contribution in [0, 0.1) is 0 Å². The van der Waals surface area contributed by atoms with Gasteiger partial charge in [-0.25, -0.2) is 9.59 Å². The van der Waals surface area contributed by atoms with Crippen molar-refractivity contribution in [2.75, 3.05) is 13.1 Å². The number of hydrogen-bond donors (Lipinski definition) is 8. The Morgan fingerprint density at radius 2 is 1.85 bits per heavy atom. The zero-order chi connectivity index (χ0) is 24.9. The normalized spacial score (nSPS) is 26.8. The number of carboxylic acids is 2. The molecule has 0 saturated carbocycles. The van der Waals surface area contributed by atoms with Crippen LogP contribution < -0.4 is 21.7 Å². The molecule has 5 amide bonds. The van der Waals surface area contributed by atoms with Gasteiger partial charge in [0.1, 0.15) is 12.2 Å². The average Bonchev–Trinajstić information content (AvgIpc) is 2.99. The van der Waals surface area contributed by atoms with E-state index in [2.05, 4.69) is 5.32 Å². The fraction of sp³-hybridized carbons (Fsp3) is 0.647. The lowest BCUT2D eigenvalue weighted by atomic mass is 10.1. The molecule has 33 heavy (non-hydrogen) atoms. The van der Waals surface area contributed by atoms with Crippen LogP contribution in [-0.4, -0.2) is 104 Å². The first-order chi connectivity index (χ1) is 15.4. The Hall–Kier alpha value is -3.34. The Bertz CT molecular complexity index is 836. The van der Waals surface area contributed by atoms with Crippen LogP contribution in [-0.2, 0) is 28.7 Å². The first kappa shape index (κ1) is 25.9. The van der Waals surface area contributed by atoms with Crippen molar-refractivity contribution in [1.29, 1.82) is 0 Å². The zero-order valence-corrected chi connectivity index (χ0v) is 17.2. The number of carbonyl (C=O) groups excluding carboxylic acids is 4. The van der Waals surface area contributed by atoms with E-state index in [9.17, 15) is 39.0 Å². The van der Waals surface area contributed by atoms with Gasteiger partial charge in [0.2, 0.25) is 11.8 Å². The van der Waals surface area contributed by atoms with Gasteiger partial charge < -0.3 is 35.8 Å². The van der Waals surface area contributed by atoms with E-state index >= 15 is 0 Å². The van der Waals surface area contributed by atoms with Crippen LogP contribution in [0.5, 0.6) is 0 Å². The SMILES string of the molecule is N[C@@](CC(=O)O)(NC(=O)CCCNC(=O)[C@H]1O[C@@H](N2CCC(=O)NC2=O)[C@@H](O)[C@H]1O)C(=O)O. The summed E-state index contributed by atoms with van der Waals surface area (Å²) >= 11 is 0. The number of aliphatic hydroxyl groups is 2. The maximum Gasteiger partial charge on any atom is 0.345 e. The molecule has 0 aromatic heterocycles. The molecule has 2 saturated heterocycles. The molecule has 2 aliphatic heterocycles. The molecule has 0 spiro atoms. The molecule has 9 N–H and O–H groups in total. The maximum absolute atomic E-state index is 12.3. The number of rotatable bonds is 10. The standard InChI is InChI=1S/C17H25N5O11/c18-17(15(30)31,6-9(25)26)21-8(24)2-1-4-19-13(29)12-10(27)11(28)14(33-12)22-5-3-7(23)20-16(22)32/h10-12,14,27-28H,1-6,18H2,(H,19,29)(H,21,24)(H,25,26)(H,30,31)(H,20,23,32)/t10-,11+,12+,14-,17+/m1/s1. The van der Waals surface area contributed by atoms with E-state index in [1.165, 1.54) is 0 Å². The highest BCUT2D eigenvalue weighted by molar-refractivity contribution is 5.96. The molecule has 2 heterocycles. The van der Waals surface area contributed by atoms with Gasteiger partial charge in [0.05, 0.1) is 6.42 Å². The lowest BCUT2D eigenvalue weighted by Gasteiger charge is -2.32. The van der Waals surface area contributed by atoms with Crippen molar-refractivity contribution in [3.8, 4) is 0 Å². The molecule has 16 nitrogen and oxygen atoms in total. The van der Waals surface area contributed by atoms with Crippen LogP contribution in [0.2, 0.25) is 0 Å². The largest absolute Gasteiger partial charge is 0.481 e. The molecule has 0 aliphatic carbocycles. The third-order valence-electron chi connectivity index (χ3n) is 4.94. The molecule has 2 fully saturated rings. The smallest absolute Gasteiger partial charge is 0.345 e. The number of aliphatic carboxylic acids is 2. The molecule has 5 atom stereocenters. The van der Waals surface area contributed by atoms with Crippen molar-refractivity contribution in [3.05, 3.63) is 0 Å². The number of hydrogen-bond acceptors (Lipinski definition) is 10. The number of amides is 5. The van der Waals surface area contributed by atoms with E-state index in [1.807, 2.05) is 10.6 Å². The van der Waals surface area contributed by atoms with Gasteiger partial charge in [-0.1, -0.05) is 0 Å². The molecule has 0 radical (unpaired) electrons. The summed E-state index contributed by atoms with van der Waals surface area (Å²) < 4.78 is 5.33. The number of nitrogens with one attached hydrogen (secondary N) is 3. The van der Waals surface area contributed by atoms with Crippen LogP contribution in [0.1, 0.15) is 25.7 Å². The van der Waals surface area contributed by atoms with Crippen molar-refractivity contribution < 1.29 is 53.9 Å². The van der Waals surface area contributed by atoms with Crippen LogP contribution in [0.25, 0.3) is 0 Å². The molecule has 16 heteroatoms. The van der Waals surface area contributed by atoms with Gasteiger partial charge in [0, 0.05) is 25.9 Å². The summed E-state index contributed by atoms with van der Waals surface area (Å²) in [5.74, 6) is -5.49. The number of nitrogens with zero attached hydrogens (tertiary/aromatic N) is 1. The van der Waals surface area contributed by atoms with Crippen LogP contribution >= 0.6 is 0 Å². The maximum atomic E-state index is 12.3. The van der Waals surface area contributed by atoms with Gasteiger partial charge in [-0.3, -0.25) is 35.1 Å². The molecule has 184 valence electrons. The summed E-state index contributed by atoms with van der Waals surface area (Å²) in [6, 6.07) is -0.838. The molecule has 0 unspecified atom stereocenters. The lowest BCUT2D eigenvalue weighted by molar-refractivity contribution is -0.153. The van der Waals surface area contributed by atoms with Gasteiger partial charge in [-0.05, 0) is 6.42 Å². The lowest BCUT2D eigenvalue weighted by Crippen LogP contribution is -2.62. The summed E-state index contributed by atoms with van der Waals surface area (Å²) in [5, 5.41) is 44.3. The number of nitrogens with two attached hydrogens (primary N) is 1. The average molecular weight is 475 g/mol. The monoisotopic (exact) mass is 475 g/mol. The molecular formula is C17H25N5O11. The van der Waals surface area contributed by atoms with Crippen molar-refractivity contribution in [2.24, 2.45) is 5.73 Å². The molecule has 0 aromatic rings. The minimum Gasteiger partial charge on any atom is -0.481 e. The van der Waals surface area contributed by atoms with E-state index < -0.39 is 72.3 Å². The number of ether oxygens (including phenoxy) is 1. The summed E-state index contributed by atoms with van der Waals surface area (Å²) in [6.07, 6.45) is -7.61. The molecule has 0 aromatic carbocycles. The van der Waals surface area contributed by atoms with Crippen LogP contribution in [0.15, 0.2) is 0 Å². The first-order valence-corrected chi connectivity index (χ1v) is 9.80. The number of imide groups is 1. The van der Waals surface area contributed by atoms with E-state index in [0.717, 1.165) is 4.90 Å². The van der Waals surface area contributed by atoms with E-state index in [1.54, 1.807) is 0 Å². The van der Waals surface area contributed by atoms with E-state index in [4.69, 9.17) is 20.7 Å². The van der Waals surface area contributed by atoms with Crippen LogP contribution in [0.4, 0.5) is 4.79 Å². The Kier molecular flexibility index (Phi) is 8.26. The fourth-order valence-electron chi connectivity index (χ4n) is 3.24. The van der Waals surface area contributed by atoms with Crippen molar-refractivity contribution in [1.82, 2.24) is 20.9 Å². The molecule has 2 aliphatic rings. The van der Waals surface area contributed by atoms with Crippen molar-refractivity contribution >= 4 is 35.7 Å². The van der Waals surface area contributed by atoms with Gasteiger partial charge in [0.15, 0.2) is 18.0 Å². The highest BCUT2D eigenvalue weighted by Crippen LogP contribution is 2.25. The number of carbonyl (C=O) groups is 6. The summed E-state index contributed by atoms with van der Waals surface area (Å²) in [7, 11) is 0. The summed E-state index contributed by atoms with van der Waals surface area (Å²) in [5.41, 5.74) is 2.90.